The molecule has 0 aliphatic carbocycles. The molecule has 1 aromatic carbocycles. The molecule has 0 radical (unpaired) electrons. The van der Waals surface area contributed by atoms with Gasteiger partial charge in [0, 0.05) is 15.5 Å². The van der Waals surface area contributed by atoms with Crippen LogP contribution in [0, 0.1) is 12.7 Å². The number of halogens is 2. The monoisotopic (exact) mass is 301 g/mol. The summed E-state index contributed by atoms with van der Waals surface area (Å²) in [6, 6.07) is 4.65. The Morgan fingerprint density at radius 2 is 2.19 bits per heavy atom. The van der Waals surface area contributed by atoms with Gasteiger partial charge in [0.1, 0.15) is 5.82 Å². The smallest absolute Gasteiger partial charge is 0.299 e. The first-order valence-electron chi connectivity index (χ1n) is 4.66. The number of aromatic nitrogens is 1. The van der Waals surface area contributed by atoms with Gasteiger partial charge in [0.25, 0.3) is 0 Å². The van der Waals surface area contributed by atoms with Crippen molar-refractivity contribution in [3.8, 4) is 0 Å². The third-order valence-electron chi connectivity index (χ3n) is 2.24. The quantitative estimate of drug-likeness (QED) is 0.835. The van der Waals surface area contributed by atoms with Crippen molar-refractivity contribution in [2.45, 2.75) is 13.5 Å². The van der Waals surface area contributed by atoms with Crippen LogP contribution in [-0.4, -0.2) is 4.57 Å². The van der Waals surface area contributed by atoms with Gasteiger partial charge in [-0.15, -0.1) is 0 Å². The van der Waals surface area contributed by atoms with Crippen LogP contribution < -0.4 is 4.87 Å². The molecule has 0 fully saturated rings. The molecule has 0 saturated carbocycles. The minimum atomic E-state index is -0.301. The Labute approximate surface area is 104 Å². The lowest BCUT2D eigenvalue weighted by Crippen LogP contribution is -2.15. The van der Waals surface area contributed by atoms with Gasteiger partial charge in [0.2, 0.25) is 0 Å². The van der Waals surface area contributed by atoms with Crippen molar-refractivity contribution < 1.29 is 4.39 Å². The zero-order valence-corrected chi connectivity index (χ0v) is 10.9. The second-order valence-corrected chi connectivity index (χ2v) is 5.24. The average molecular weight is 302 g/mol. The summed E-state index contributed by atoms with van der Waals surface area (Å²) in [5.74, 6) is -0.301. The van der Waals surface area contributed by atoms with Gasteiger partial charge in [-0.2, -0.15) is 0 Å². The van der Waals surface area contributed by atoms with Gasteiger partial charge in [0.05, 0.1) is 6.54 Å². The van der Waals surface area contributed by atoms with Crippen LogP contribution in [0.4, 0.5) is 4.39 Å². The van der Waals surface area contributed by atoms with Gasteiger partial charge < -0.3 is 0 Å². The van der Waals surface area contributed by atoms with Gasteiger partial charge >= 0.3 is 4.87 Å². The van der Waals surface area contributed by atoms with Crippen LogP contribution in [0.5, 0.6) is 0 Å². The van der Waals surface area contributed by atoms with Gasteiger partial charge in [-0.1, -0.05) is 27.3 Å². The fraction of sp³-hybridized carbons (Fsp3) is 0.182. The maximum absolute atomic E-state index is 13.1. The zero-order valence-electron chi connectivity index (χ0n) is 8.54. The number of aryl methyl sites for hydroxylation is 1. The summed E-state index contributed by atoms with van der Waals surface area (Å²) in [7, 11) is 0. The van der Waals surface area contributed by atoms with Gasteiger partial charge in [-0.3, -0.25) is 9.36 Å². The molecule has 2 rings (SSSR count). The molecule has 0 unspecified atom stereocenters. The molecule has 0 saturated heterocycles. The molecule has 0 bridgehead atoms. The molecule has 0 N–H and O–H groups in total. The lowest BCUT2D eigenvalue weighted by molar-refractivity contribution is 0.621. The van der Waals surface area contributed by atoms with Crippen molar-refractivity contribution in [3.05, 3.63) is 54.8 Å². The van der Waals surface area contributed by atoms with E-state index in [1.165, 1.54) is 12.1 Å². The molecule has 1 aromatic heterocycles. The Hall–Kier alpha value is -0.940. The second kappa shape index (κ2) is 4.51. The molecule has 0 spiro atoms. The van der Waals surface area contributed by atoms with E-state index >= 15 is 0 Å². The predicted molar refractivity (Wildman–Crippen MR) is 66.5 cm³/mol. The number of rotatable bonds is 2. The lowest BCUT2D eigenvalue weighted by Gasteiger charge is -2.05. The fourth-order valence-corrected chi connectivity index (χ4v) is 2.73. The Kier molecular flexibility index (Phi) is 3.25. The molecular formula is C11H9BrFNOS. The van der Waals surface area contributed by atoms with E-state index in [9.17, 15) is 9.18 Å². The van der Waals surface area contributed by atoms with E-state index in [0.717, 1.165) is 22.6 Å². The fourth-order valence-electron chi connectivity index (χ4n) is 1.48. The Morgan fingerprint density at radius 1 is 1.44 bits per heavy atom. The molecule has 2 aromatic rings. The number of hydrogen-bond acceptors (Lipinski definition) is 2. The van der Waals surface area contributed by atoms with Crippen LogP contribution in [0.1, 0.15) is 11.3 Å². The van der Waals surface area contributed by atoms with Crippen molar-refractivity contribution in [1.29, 1.82) is 0 Å². The van der Waals surface area contributed by atoms with Gasteiger partial charge in [-0.05, 0) is 30.7 Å². The molecule has 1 heterocycles. The van der Waals surface area contributed by atoms with E-state index in [0.29, 0.717) is 11.0 Å². The van der Waals surface area contributed by atoms with Crippen molar-refractivity contribution in [2.75, 3.05) is 0 Å². The molecule has 0 amide bonds. The summed E-state index contributed by atoms with van der Waals surface area (Å²) in [5, 5.41) is 1.80. The van der Waals surface area contributed by atoms with E-state index < -0.39 is 0 Å². The highest BCUT2D eigenvalue weighted by Gasteiger charge is 2.05. The standard InChI is InChI=1S/C11H9BrFNOS/c1-7-6-16-11(15)14(7)5-8-2-9(12)4-10(13)3-8/h2-4,6H,5H2,1H3. The summed E-state index contributed by atoms with van der Waals surface area (Å²) in [4.78, 5) is 11.5. The van der Waals surface area contributed by atoms with E-state index in [1.54, 1.807) is 9.95 Å². The van der Waals surface area contributed by atoms with Crippen LogP contribution in [0.3, 0.4) is 0 Å². The largest absolute Gasteiger partial charge is 0.307 e. The molecule has 0 aliphatic heterocycles. The van der Waals surface area contributed by atoms with E-state index in [4.69, 9.17) is 0 Å². The van der Waals surface area contributed by atoms with Crippen LogP contribution in [0.2, 0.25) is 0 Å². The van der Waals surface area contributed by atoms with E-state index in [2.05, 4.69) is 15.9 Å². The summed E-state index contributed by atoms with van der Waals surface area (Å²) >= 11 is 4.39. The lowest BCUT2D eigenvalue weighted by atomic mass is 10.2. The van der Waals surface area contributed by atoms with Crippen molar-refractivity contribution in [1.82, 2.24) is 4.57 Å². The third kappa shape index (κ3) is 2.41. The predicted octanol–water partition coefficient (Wildman–Crippen LogP) is 3.17. The highest BCUT2D eigenvalue weighted by Crippen LogP contribution is 2.16. The average Bonchev–Trinajstić information content (AvgIpc) is 2.48. The summed E-state index contributed by atoms with van der Waals surface area (Å²) in [6.07, 6.45) is 0. The van der Waals surface area contributed by atoms with Crippen molar-refractivity contribution in [3.63, 3.8) is 0 Å². The first-order chi connectivity index (χ1) is 7.56. The van der Waals surface area contributed by atoms with Crippen LogP contribution >= 0.6 is 27.3 Å². The molecular weight excluding hydrogens is 293 g/mol. The minimum Gasteiger partial charge on any atom is -0.299 e. The summed E-state index contributed by atoms with van der Waals surface area (Å²) in [5.41, 5.74) is 1.67. The molecule has 0 atom stereocenters. The van der Waals surface area contributed by atoms with E-state index in [1.807, 2.05) is 13.0 Å². The maximum Gasteiger partial charge on any atom is 0.307 e. The highest BCUT2D eigenvalue weighted by molar-refractivity contribution is 9.10. The van der Waals surface area contributed by atoms with Crippen molar-refractivity contribution in [2.24, 2.45) is 0 Å². The Balaban J connectivity index is 2.37. The molecule has 5 heteroatoms. The van der Waals surface area contributed by atoms with E-state index in [-0.39, 0.29) is 10.7 Å². The molecule has 16 heavy (non-hydrogen) atoms. The first kappa shape index (κ1) is 11.5. The first-order valence-corrected chi connectivity index (χ1v) is 6.33. The SMILES string of the molecule is Cc1csc(=O)n1Cc1cc(F)cc(Br)c1. The zero-order chi connectivity index (χ0) is 11.7. The van der Waals surface area contributed by atoms with Gasteiger partial charge in [-0.25, -0.2) is 4.39 Å². The van der Waals surface area contributed by atoms with Crippen LogP contribution in [0.15, 0.2) is 32.8 Å². The third-order valence-corrected chi connectivity index (χ3v) is 3.58. The summed E-state index contributed by atoms with van der Waals surface area (Å²) in [6.45, 7) is 2.27. The number of thiazole rings is 1. The number of hydrogen-bond donors (Lipinski definition) is 0. The highest BCUT2D eigenvalue weighted by atomic mass is 79.9. The van der Waals surface area contributed by atoms with Crippen LogP contribution in [-0.2, 0) is 6.54 Å². The minimum absolute atomic E-state index is 0.0158. The molecule has 84 valence electrons. The molecule has 2 nitrogen and oxygen atoms in total. The summed E-state index contributed by atoms with van der Waals surface area (Å²) < 4.78 is 15.5. The van der Waals surface area contributed by atoms with Crippen LogP contribution in [0.25, 0.3) is 0 Å². The Morgan fingerprint density at radius 3 is 2.75 bits per heavy atom. The molecule has 0 aliphatic rings. The number of nitrogens with zero attached hydrogens (tertiary/aromatic N) is 1. The Bertz CT molecular complexity index is 555. The normalized spacial score (nSPS) is 10.7. The topological polar surface area (TPSA) is 22.0 Å². The maximum atomic E-state index is 13.1. The van der Waals surface area contributed by atoms with Crippen molar-refractivity contribution >= 4 is 27.3 Å². The number of benzene rings is 1. The second-order valence-electron chi connectivity index (χ2n) is 3.51. The van der Waals surface area contributed by atoms with Gasteiger partial charge in [0.15, 0.2) is 0 Å².